The molecule has 2 aliphatic rings. The largest absolute Gasteiger partial charge is 0.336 e. The molecule has 168 valence electrons. The van der Waals surface area contributed by atoms with E-state index in [1.54, 1.807) is 0 Å². The van der Waals surface area contributed by atoms with Crippen molar-refractivity contribution >= 4 is 23.4 Å². The third-order valence-electron chi connectivity index (χ3n) is 6.59. The van der Waals surface area contributed by atoms with Crippen LogP contribution >= 0.6 is 11.6 Å². The molecule has 6 heteroatoms. The summed E-state index contributed by atoms with van der Waals surface area (Å²) in [5, 5.41) is 0.484. The van der Waals surface area contributed by atoms with E-state index in [0.29, 0.717) is 42.8 Å². The van der Waals surface area contributed by atoms with E-state index in [0.717, 1.165) is 29.8 Å². The number of carbonyl (C=O) groups excluding carboxylic acids is 2. The molecule has 5 rings (SSSR count). The van der Waals surface area contributed by atoms with Crippen molar-refractivity contribution in [3.05, 3.63) is 95.0 Å². The van der Waals surface area contributed by atoms with Gasteiger partial charge in [0.2, 0.25) is 0 Å². The number of rotatable bonds is 4. The van der Waals surface area contributed by atoms with Crippen molar-refractivity contribution in [3.8, 4) is 11.1 Å². The third-order valence-corrected chi connectivity index (χ3v) is 6.91. The van der Waals surface area contributed by atoms with Gasteiger partial charge < -0.3 is 9.80 Å². The molecule has 0 aromatic heterocycles. The van der Waals surface area contributed by atoms with Crippen LogP contribution in [0.1, 0.15) is 20.7 Å². The maximum absolute atomic E-state index is 13.0. The van der Waals surface area contributed by atoms with Gasteiger partial charge in [0.25, 0.3) is 11.8 Å². The number of nitrogens with zero attached hydrogens (tertiary/aromatic N) is 3. The number of likely N-dealkylation sites (tertiary alicyclic amines) is 1. The zero-order chi connectivity index (χ0) is 22.8. The Bertz CT molecular complexity index is 1140. The van der Waals surface area contributed by atoms with E-state index in [-0.39, 0.29) is 11.8 Å². The lowest BCUT2D eigenvalue weighted by Crippen LogP contribution is -2.64. The fourth-order valence-electron chi connectivity index (χ4n) is 4.57. The molecule has 0 aliphatic carbocycles. The summed E-state index contributed by atoms with van der Waals surface area (Å²) in [5.41, 5.74) is 3.36. The van der Waals surface area contributed by atoms with E-state index < -0.39 is 0 Å². The minimum atomic E-state index is -0.0197. The SMILES string of the molecule is O=C(c1ccccc1)N1CCN(C2CN(C(=O)c3ccc(-c4ccccc4)cc3Cl)C2)CC1. The molecule has 0 saturated carbocycles. The number of piperazine rings is 1. The number of benzene rings is 3. The Morgan fingerprint density at radius 2 is 1.33 bits per heavy atom. The Morgan fingerprint density at radius 3 is 1.97 bits per heavy atom. The molecule has 2 heterocycles. The average molecular weight is 460 g/mol. The van der Waals surface area contributed by atoms with Crippen LogP contribution in [-0.4, -0.2) is 71.8 Å². The molecule has 0 N–H and O–H groups in total. The molecule has 2 aliphatic heterocycles. The van der Waals surface area contributed by atoms with Gasteiger partial charge in [-0.25, -0.2) is 0 Å². The van der Waals surface area contributed by atoms with Gasteiger partial charge in [0, 0.05) is 50.9 Å². The van der Waals surface area contributed by atoms with Gasteiger partial charge in [0.1, 0.15) is 0 Å². The summed E-state index contributed by atoms with van der Waals surface area (Å²) in [6, 6.07) is 25.4. The summed E-state index contributed by atoms with van der Waals surface area (Å²) < 4.78 is 0. The van der Waals surface area contributed by atoms with Crippen LogP contribution in [0.5, 0.6) is 0 Å². The fourth-order valence-corrected chi connectivity index (χ4v) is 4.84. The van der Waals surface area contributed by atoms with Crippen LogP contribution in [0.4, 0.5) is 0 Å². The first-order chi connectivity index (χ1) is 16.1. The molecule has 0 spiro atoms. The highest BCUT2D eigenvalue weighted by Crippen LogP contribution is 2.28. The summed E-state index contributed by atoms with van der Waals surface area (Å²) in [5.74, 6) is 0.0722. The summed E-state index contributed by atoms with van der Waals surface area (Å²) >= 11 is 6.49. The fraction of sp³-hybridized carbons (Fsp3) is 0.259. The van der Waals surface area contributed by atoms with E-state index in [4.69, 9.17) is 11.6 Å². The van der Waals surface area contributed by atoms with Gasteiger partial charge in [0.15, 0.2) is 0 Å². The molecule has 0 radical (unpaired) electrons. The summed E-state index contributed by atoms with van der Waals surface area (Å²) in [6.45, 7) is 4.48. The van der Waals surface area contributed by atoms with Crippen LogP contribution in [0.15, 0.2) is 78.9 Å². The first kappa shape index (κ1) is 21.7. The topological polar surface area (TPSA) is 43.9 Å². The van der Waals surface area contributed by atoms with Crippen LogP contribution < -0.4 is 0 Å². The first-order valence-corrected chi connectivity index (χ1v) is 11.7. The molecular weight excluding hydrogens is 434 g/mol. The predicted molar refractivity (Wildman–Crippen MR) is 130 cm³/mol. The van der Waals surface area contributed by atoms with E-state index in [1.807, 2.05) is 88.7 Å². The molecule has 2 saturated heterocycles. The minimum Gasteiger partial charge on any atom is -0.336 e. The summed E-state index contributed by atoms with van der Waals surface area (Å²) in [7, 11) is 0. The normalized spacial score (nSPS) is 17.0. The molecule has 2 amide bonds. The quantitative estimate of drug-likeness (QED) is 0.584. The monoisotopic (exact) mass is 459 g/mol. The lowest BCUT2D eigenvalue weighted by atomic mass is 10.0. The number of halogens is 1. The van der Waals surface area contributed by atoms with Crippen molar-refractivity contribution in [1.29, 1.82) is 0 Å². The van der Waals surface area contributed by atoms with Crippen LogP contribution in [0.25, 0.3) is 11.1 Å². The first-order valence-electron chi connectivity index (χ1n) is 11.3. The second-order valence-electron chi connectivity index (χ2n) is 8.62. The number of amides is 2. The average Bonchev–Trinajstić information content (AvgIpc) is 2.84. The number of hydrogen-bond donors (Lipinski definition) is 0. The zero-order valence-corrected chi connectivity index (χ0v) is 19.1. The summed E-state index contributed by atoms with van der Waals surface area (Å²) in [6.07, 6.45) is 0. The standard InChI is InChI=1S/C27H26ClN3O2/c28-25-17-22(20-7-3-1-4-8-20)11-12-24(25)27(33)31-18-23(19-31)29-13-15-30(16-14-29)26(32)21-9-5-2-6-10-21/h1-12,17,23H,13-16,18-19H2. The van der Waals surface area contributed by atoms with Crippen molar-refractivity contribution in [2.24, 2.45) is 0 Å². The second-order valence-corrected chi connectivity index (χ2v) is 9.03. The van der Waals surface area contributed by atoms with Gasteiger partial charge in [-0.15, -0.1) is 0 Å². The molecule has 33 heavy (non-hydrogen) atoms. The molecule has 3 aromatic rings. The Kier molecular flexibility index (Phi) is 6.16. The minimum absolute atomic E-state index is 0.0197. The Morgan fingerprint density at radius 1 is 0.697 bits per heavy atom. The van der Waals surface area contributed by atoms with E-state index in [1.165, 1.54) is 0 Å². The highest BCUT2D eigenvalue weighted by Gasteiger charge is 2.37. The van der Waals surface area contributed by atoms with E-state index >= 15 is 0 Å². The Balaban J connectivity index is 1.14. The van der Waals surface area contributed by atoms with E-state index in [9.17, 15) is 9.59 Å². The van der Waals surface area contributed by atoms with Crippen molar-refractivity contribution in [3.63, 3.8) is 0 Å². The zero-order valence-electron chi connectivity index (χ0n) is 18.4. The van der Waals surface area contributed by atoms with Crippen molar-refractivity contribution < 1.29 is 9.59 Å². The van der Waals surface area contributed by atoms with Crippen molar-refractivity contribution in [2.75, 3.05) is 39.3 Å². The highest BCUT2D eigenvalue weighted by molar-refractivity contribution is 6.34. The van der Waals surface area contributed by atoms with Crippen LogP contribution in [0.2, 0.25) is 5.02 Å². The predicted octanol–water partition coefficient (Wildman–Crippen LogP) is 4.29. The van der Waals surface area contributed by atoms with Gasteiger partial charge in [-0.2, -0.15) is 0 Å². The van der Waals surface area contributed by atoms with Crippen LogP contribution in [0.3, 0.4) is 0 Å². The smallest absolute Gasteiger partial charge is 0.255 e. The Labute approximate surface area is 199 Å². The van der Waals surface area contributed by atoms with Gasteiger partial charge in [-0.3, -0.25) is 14.5 Å². The van der Waals surface area contributed by atoms with Gasteiger partial charge >= 0.3 is 0 Å². The lowest BCUT2D eigenvalue weighted by Gasteiger charge is -2.48. The lowest BCUT2D eigenvalue weighted by molar-refractivity contribution is 0.00855. The van der Waals surface area contributed by atoms with Crippen molar-refractivity contribution in [1.82, 2.24) is 14.7 Å². The molecule has 5 nitrogen and oxygen atoms in total. The third kappa shape index (κ3) is 4.52. The second kappa shape index (κ2) is 9.38. The molecule has 2 fully saturated rings. The van der Waals surface area contributed by atoms with Gasteiger partial charge in [0.05, 0.1) is 10.6 Å². The highest BCUT2D eigenvalue weighted by atomic mass is 35.5. The molecule has 3 aromatic carbocycles. The molecule has 0 atom stereocenters. The molecule has 0 unspecified atom stereocenters. The maximum atomic E-state index is 13.0. The molecular formula is C27H26ClN3O2. The van der Waals surface area contributed by atoms with E-state index in [2.05, 4.69) is 4.90 Å². The number of carbonyl (C=O) groups is 2. The van der Waals surface area contributed by atoms with Gasteiger partial charge in [-0.05, 0) is 35.4 Å². The van der Waals surface area contributed by atoms with Gasteiger partial charge in [-0.1, -0.05) is 66.2 Å². The number of hydrogen-bond acceptors (Lipinski definition) is 3. The van der Waals surface area contributed by atoms with Crippen LogP contribution in [-0.2, 0) is 0 Å². The maximum Gasteiger partial charge on any atom is 0.255 e. The van der Waals surface area contributed by atoms with Crippen molar-refractivity contribution in [2.45, 2.75) is 6.04 Å². The summed E-state index contributed by atoms with van der Waals surface area (Å²) in [4.78, 5) is 31.8. The van der Waals surface area contributed by atoms with Crippen LogP contribution in [0, 0.1) is 0 Å². The Hall–Kier alpha value is -3.15. The molecule has 0 bridgehead atoms.